The van der Waals surface area contributed by atoms with E-state index in [-0.39, 0.29) is 18.0 Å². The Morgan fingerprint density at radius 2 is 2.03 bits per heavy atom. The van der Waals surface area contributed by atoms with Crippen molar-refractivity contribution in [3.8, 4) is 5.75 Å². The van der Waals surface area contributed by atoms with Gasteiger partial charge in [0.05, 0.1) is 11.8 Å². The molecule has 0 unspecified atom stereocenters. The van der Waals surface area contributed by atoms with Crippen LogP contribution in [0.4, 0.5) is 15.8 Å². The van der Waals surface area contributed by atoms with E-state index in [1.54, 1.807) is 18.2 Å². The zero-order valence-electron chi connectivity index (χ0n) is 20.3. The fourth-order valence-electron chi connectivity index (χ4n) is 4.05. The molecular formula is C26H33FN4O2. The van der Waals surface area contributed by atoms with Crippen molar-refractivity contribution in [1.82, 2.24) is 5.43 Å². The highest BCUT2D eigenvalue weighted by atomic mass is 19.1. The molecule has 0 aromatic heterocycles. The van der Waals surface area contributed by atoms with Crippen LogP contribution in [0.5, 0.6) is 5.75 Å². The minimum Gasteiger partial charge on any atom is -0.484 e. The van der Waals surface area contributed by atoms with Crippen molar-refractivity contribution in [1.29, 1.82) is 0 Å². The number of hydrogen-bond donors (Lipinski definition) is 1. The normalized spacial score (nSPS) is 14.6. The predicted molar refractivity (Wildman–Crippen MR) is 134 cm³/mol. The predicted octanol–water partition coefficient (Wildman–Crippen LogP) is 4.83. The summed E-state index contributed by atoms with van der Waals surface area (Å²) in [4.78, 5) is 16.3. The number of nitrogens with one attached hydrogen (secondary N) is 1. The van der Waals surface area contributed by atoms with Crippen LogP contribution in [0.25, 0.3) is 5.57 Å². The summed E-state index contributed by atoms with van der Waals surface area (Å²) in [6.45, 7) is 9.07. The molecule has 7 heteroatoms. The van der Waals surface area contributed by atoms with Crippen LogP contribution in [0, 0.1) is 5.82 Å². The van der Waals surface area contributed by atoms with E-state index in [9.17, 15) is 9.18 Å². The Bertz CT molecular complexity index is 1080. The monoisotopic (exact) mass is 452 g/mol. The molecule has 1 heterocycles. The second kappa shape index (κ2) is 10.1. The fraction of sp³-hybridized carbons (Fsp3) is 0.385. The molecule has 0 aliphatic carbocycles. The first-order valence-corrected chi connectivity index (χ1v) is 11.2. The summed E-state index contributed by atoms with van der Waals surface area (Å²) in [5.74, 6) is -0.218. The van der Waals surface area contributed by atoms with Gasteiger partial charge in [-0.15, -0.1) is 0 Å². The molecule has 0 fully saturated rings. The van der Waals surface area contributed by atoms with Crippen LogP contribution in [0.15, 0.2) is 47.6 Å². The van der Waals surface area contributed by atoms with Crippen LogP contribution in [-0.2, 0) is 4.79 Å². The Morgan fingerprint density at radius 1 is 1.27 bits per heavy atom. The minimum absolute atomic E-state index is 0.185. The van der Waals surface area contributed by atoms with E-state index >= 15 is 0 Å². The molecule has 0 saturated heterocycles. The SMILES string of the molecule is CCCN1c2cc(F)c(/C=N/NC(=O)COc3cccc(N(C)C)c3)cc2C(C)=CC1(C)C. The summed E-state index contributed by atoms with van der Waals surface area (Å²) in [5.41, 5.74) is 6.45. The van der Waals surface area contributed by atoms with E-state index in [0.29, 0.717) is 11.3 Å². The fourth-order valence-corrected chi connectivity index (χ4v) is 4.05. The highest BCUT2D eigenvalue weighted by Gasteiger charge is 2.31. The van der Waals surface area contributed by atoms with E-state index in [1.807, 2.05) is 44.1 Å². The molecule has 1 amide bonds. The van der Waals surface area contributed by atoms with Crippen LogP contribution in [0.3, 0.4) is 0 Å². The molecule has 2 aromatic rings. The number of fused-ring (bicyclic) bond motifs is 1. The molecule has 0 atom stereocenters. The number of rotatable bonds is 8. The number of benzene rings is 2. The second-order valence-electron chi connectivity index (χ2n) is 9.00. The van der Waals surface area contributed by atoms with Crippen LogP contribution >= 0.6 is 0 Å². The first kappa shape index (κ1) is 24.3. The number of amides is 1. The molecular weight excluding hydrogens is 419 g/mol. The molecule has 176 valence electrons. The summed E-state index contributed by atoms with van der Waals surface area (Å²) >= 11 is 0. The summed E-state index contributed by atoms with van der Waals surface area (Å²) in [7, 11) is 3.86. The van der Waals surface area contributed by atoms with E-state index < -0.39 is 5.91 Å². The first-order valence-electron chi connectivity index (χ1n) is 11.2. The Hall–Kier alpha value is -3.35. The molecule has 0 radical (unpaired) electrons. The van der Waals surface area contributed by atoms with Crippen molar-refractivity contribution in [3.05, 3.63) is 59.4 Å². The quantitative estimate of drug-likeness (QED) is 0.460. The number of hydrazone groups is 1. The summed E-state index contributed by atoms with van der Waals surface area (Å²) in [6, 6.07) is 10.8. The van der Waals surface area contributed by atoms with Gasteiger partial charge in [-0.05, 0) is 57.0 Å². The summed E-state index contributed by atoms with van der Waals surface area (Å²) in [6.07, 6.45) is 4.50. The standard InChI is InChI=1S/C26H33FN4O2/c1-7-11-31-24-14-23(27)19(12-22(24)18(2)15-26(31,3)4)16-28-29-25(32)17-33-21-10-8-9-20(13-21)30(5)6/h8-10,12-16H,7,11,17H2,1-6H3,(H,29,32)/b28-16+. The van der Waals surface area contributed by atoms with Gasteiger partial charge in [0.25, 0.3) is 5.91 Å². The van der Waals surface area contributed by atoms with Gasteiger partial charge in [-0.3, -0.25) is 4.79 Å². The number of halogens is 1. The Kier molecular flexibility index (Phi) is 7.41. The largest absolute Gasteiger partial charge is 0.484 e. The smallest absolute Gasteiger partial charge is 0.277 e. The number of allylic oxidation sites excluding steroid dienone is 1. The third-order valence-electron chi connectivity index (χ3n) is 5.64. The Labute approximate surface area is 195 Å². The van der Waals surface area contributed by atoms with Crippen molar-refractivity contribution >= 4 is 29.1 Å². The molecule has 1 aliphatic rings. The first-order chi connectivity index (χ1) is 15.6. The van der Waals surface area contributed by atoms with Gasteiger partial charge in [0.2, 0.25) is 0 Å². The third kappa shape index (κ3) is 5.72. The van der Waals surface area contributed by atoms with Gasteiger partial charge in [0.15, 0.2) is 6.61 Å². The molecule has 1 aliphatic heterocycles. The lowest BCUT2D eigenvalue weighted by Crippen LogP contribution is -2.45. The number of hydrogen-bond acceptors (Lipinski definition) is 5. The maximum atomic E-state index is 14.9. The molecule has 1 N–H and O–H groups in total. The molecule has 0 spiro atoms. The van der Waals surface area contributed by atoms with Gasteiger partial charge >= 0.3 is 0 Å². The van der Waals surface area contributed by atoms with Gasteiger partial charge < -0.3 is 14.5 Å². The third-order valence-corrected chi connectivity index (χ3v) is 5.64. The lowest BCUT2D eigenvalue weighted by molar-refractivity contribution is -0.123. The van der Waals surface area contributed by atoms with Crippen LogP contribution in [0.1, 0.15) is 45.2 Å². The van der Waals surface area contributed by atoms with Crippen molar-refractivity contribution in [2.75, 3.05) is 37.0 Å². The number of anilines is 2. The Morgan fingerprint density at radius 3 is 2.73 bits per heavy atom. The Balaban J connectivity index is 1.68. The lowest BCUT2D eigenvalue weighted by Gasteiger charge is -2.43. The van der Waals surface area contributed by atoms with E-state index in [2.05, 4.69) is 42.3 Å². The average Bonchev–Trinajstić information content (AvgIpc) is 2.76. The maximum absolute atomic E-state index is 14.9. The van der Waals surface area contributed by atoms with Crippen LogP contribution < -0.4 is 20.0 Å². The summed E-state index contributed by atoms with van der Waals surface area (Å²) in [5, 5.41) is 3.93. The minimum atomic E-state index is -0.424. The number of carbonyl (C=O) groups is 1. The number of carbonyl (C=O) groups excluding carboxylic acids is 1. The number of ether oxygens (including phenoxy) is 1. The van der Waals surface area contributed by atoms with Crippen molar-refractivity contribution in [3.63, 3.8) is 0 Å². The molecule has 6 nitrogen and oxygen atoms in total. The molecule has 33 heavy (non-hydrogen) atoms. The van der Waals surface area contributed by atoms with E-state index in [4.69, 9.17) is 4.74 Å². The zero-order chi connectivity index (χ0) is 24.2. The lowest BCUT2D eigenvalue weighted by atomic mass is 9.88. The van der Waals surface area contributed by atoms with Gasteiger partial charge in [-0.1, -0.05) is 19.1 Å². The summed E-state index contributed by atoms with van der Waals surface area (Å²) < 4.78 is 20.4. The van der Waals surface area contributed by atoms with Gasteiger partial charge in [-0.25, -0.2) is 9.82 Å². The molecule has 0 saturated carbocycles. The van der Waals surface area contributed by atoms with E-state index in [1.165, 1.54) is 6.21 Å². The number of nitrogens with zero attached hydrogens (tertiary/aromatic N) is 3. The van der Waals surface area contributed by atoms with E-state index in [0.717, 1.165) is 35.5 Å². The van der Waals surface area contributed by atoms with Gasteiger partial charge in [0, 0.05) is 49.2 Å². The molecule has 3 rings (SSSR count). The maximum Gasteiger partial charge on any atom is 0.277 e. The van der Waals surface area contributed by atoms with Crippen molar-refractivity contribution < 1.29 is 13.9 Å². The molecule has 2 aromatic carbocycles. The molecule has 0 bridgehead atoms. The van der Waals surface area contributed by atoms with Crippen molar-refractivity contribution in [2.45, 2.75) is 39.7 Å². The van der Waals surface area contributed by atoms with Crippen LogP contribution in [-0.4, -0.2) is 44.9 Å². The van der Waals surface area contributed by atoms with Crippen molar-refractivity contribution in [2.24, 2.45) is 5.10 Å². The zero-order valence-corrected chi connectivity index (χ0v) is 20.3. The highest BCUT2D eigenvalue weighted by molar-refractivity contribution is 5.89. The average molecular weight is 453 g/mol. The highest BCUT2D eigenvalue weighted by Crippen LogP contribution is 2.40. The van der Waals surface area contributed by atoms with Crippen LogP contribution in [0.2, 0.25) is 0 Å². The van der Waals surface area contributed by atoms with Gasteiger partial charge in [0.1, 0.15) is 11.6 Å². The van der Waals surface area contributed by atoms with Gasteiger partial charge in [-0.2, -0.15) is 5.10 Å². The second-order valence-corrected chi connectivity index (χ2v) is 9.00. The topological polar surface area (TPSA) is 57.2 Å².